The van der Waals surface area contributed by atoms with E-state index in [4.69, 9.17) is 0 Å². The van der Waals surface area contributed by atoms with Crippen LogP contribution in [0, 0.1) is 0 Å². The maximum absolute atomic E-state index is 3.89. The molecule has 0 unspecified atom stereocenters. The Morgan fingerprint density at radius 3 is 1.67 bits per heavy atom. The van der Waals surface area contributed by atoms with Gasteiger partial charge in [-0.2, -0.15) is 0 Å². The predicted molar refractivity (Wildman–Crippen MR) is 144 cm³/mol. The molecule has 1 heteroatoms. The molecule has 0 heterocycles. The molecular formula is C32H19Br. The van der Waals surface area contributed by atoms with E-state index < -0.39 is 0 Å². The fraction of sp³-hybridized carbons (Fsp3) is 0. The van der Waals surface area contributed by atoms with E-state index in [0.717, 1.165) is 4.47 Å². The number of hydrogen-bond donors (Lipinski definition) is 0. The van der Waals surface area contributed by atoms with E-state index >= 15 is 0 Å². The SMILES string of the molecule is Brc1ccc(-c2ccccc2)c2c3c4c(ccc(-c5ccccc5)c4cc12)-c1ccccc1-3. The zero-order chi connectivity index (χ0) is 21.9. The van der Waals surface area contributed by atoms with Gasteiger partial charge in [0, 0.05) is 4.47 Å². The van der Waals surface area contributed by atoms with E-state index in [2.05, 4.69) is 131 Å². The predicted octanol–water partition coefficient (Wildman–Crippen LogP) is 9.74. The highest BCUT2D eigenvalue weighted by Gasteiger charge is 2.26. The summed E-state index contributed by atoms with van der Waals surface area (Å²) >= 11 is 3.89. The lowest BCUT2D eigenvalue weighted by Crippen LogP contribution is -1.89. The molecule has 154 valence electrons. The van der Waals surface area contributed by atoms with Gasteiger partial charge in [-0.1, -0.05) is 119 Å². The van der Waals surface area contributed by atoms with Gasteiger partial charge >= 0.3 is 0 Å². The Morgan fingerprint density at radius 1 is 0.394 bits per heavy atom. The zero-order valence-corrected chi connectivity index (χ0v) is 19.4. The van der Waals surface area contributed by atoms with Gasteiger partial charge in [-0.05, 0) is 78.2 Å². The third-order valence-corrected chi connectivity index (χ3v) is 7.57. The van der Waals surface area contributed by atoms with Gasteiger partial charge in [0.1, 0.15) is 0 Å². The standard InChI is InChI=1S/C32H19Br/c33-29-18-17-23(21-11-5-2-6-12-21)30-28(29)19-27-22(20-9-3-1-4-10-20)15-16-26-24-13-7-8-14-25(24)32(30)31(26)27/h1-19H. The first-order chi connectivity index (χ1) is 16.3. The molecule has 0 aliphatic heterocycles. The van der Waals surface area contributed by atoms with Crippen molar-refractivity contribution >= 4 is 37.5 Å². The number of benzene rings is 6. The number of rotatable bonds is 2. The summed E-state index contributed by atoms with van der Waals surface area (Å²) in [4.78, 5) is 0. The van der Waals surface area contributed by atoms with Gasteiger partial charge in [0.15, 0.2) is 0 Å². The first-order valence-electron chi connectivity index (χ1n) is 11.2. The summed E-state index contributed by atoms with van der Waals surface area (Å²) in [5.41, 5.74) is 10.4. The van der Waals surface area contributed by atoms with Crippen molar-refractivity contribution in [3.05, 3.63) is 120 Å². The number of fused-ring (bicyclic) bond motifs is 5. The summed E-state index contributed by atoms with van der Waals surface area (Å²) in [7, 11) is 0. The topological polar surface area (TPSA) is 0 Å². The molecule has 0 N–H and O–H groups in total. The molecule has 0 aromatic heterocycles. The molecular weight excluding hydrogens is 464 g/mol. The first-order valence-corrected chi connectivity index (χ1v) is 12.0. The fourth-order valence-corrected chi connectivity index (χ4v) is 5.92. The zero-order valence-electron chi connectivity index (χ0n) is 17.8. The van der Waals surface area contributed by atoms with Crippen molar-refractivity contribution in [3.63, 3.8) is 0 Å². The lowest BCUT2D eigenvalue weighted by Gasteiger charge is -2.16. The van der Waals surface area contributed by atoms with Gasteiger partial charge in [-0.15, -0.1) is 0 Å². The van der Waals surface area contributed by atoms with Gasteiger partial charge in [-0.3, -0.25) is 0 Å². The van der Waals surface area contributed by atoms with Crippen LogP contribution in [0.5, 0.6) is 0 Å². The molecule has 33 heavy (non-hydrogen) atoms. The molecule has 0 atom stereocenters. The second kappa shape index (κ2) is 7.16. The average molecular weight is 483 g/mol. The molecule has 0 radical (unpaired) electrons. The van der Waals surface area contributed by atoms with Crippen LogP contribution in [0.4, 0.5) is 0 Å². The van der Waals surface area contributed by atoms with Crippen molar-refractivity contribution in [2.75, 3.05) is 0 Å². The Morgan fingerprint density at radius 2 is 0.939 bits per heavy atom. The molecule has 0 fully saturated rings. The van der Waals surface area contributed by atoms with E-state index in [9.17, 15) is 0 Å². The minimum Gasteiger partial charge on any atom is -0.0622 e. The van der Waals surface area contributed by atoms with E-state index in [-0.39, 0.29) is 0 Å². The molecule has 1 aliphatic rings. The summed E-state index contributed by atoms with van der Waals surface area (Å²) in [6.45, 7) is 0. The van der Waals surface area contributed by atoms with Crippen LogP contribution < -0.4 is 0 Å². The molecule has 0 nitrogen and oxygen atoms in total. The van der Waals surface area contributed by atoms with Gasteiger partial charge in [0.25, 0.3) is 0 Å². The van der Waals surface area contributed by atoms with Gasteiger partial charge in [-0.25, -0.2) is 0 Å². The third kappa shape index (κ3) is 2.70. The minimum absolute atomic E-state index is 1.13. The van der Waals surface area contributed by atoms with E-state index in [1.165, 1.54) is 66.1 Å². The van der Waals surface area contributed by atoms with Crippen LogP contribution in [0.15, 0.2) is 120 Å². The van der Waals surface area contributed by atoms with Gasteiger partial charge < -0.3 is 0 Å². The lowest BCUT2D eigenvalue weighted by atomic mass is 9.88. The molecule has 0 bridgehead atoms. The van der Waals surface area contributed by atoms with Crippen LogP contribution >= 0.6 is 15.9 Å². The van der Waals surface area contributed by atoms with Crippen LogP contribution in [-0.4, -0.2) is 0 Å². The van der Waals surface area contributed by atoms with Crippen molar-refractivity contribution in [3.8, 4) is 44.5 Å². The summed E-state index contributed by atoms with van der Waals surface area (Å²) < 4.78 is 1.13. The highest BCUT2D eigenvalue weighted by atomic mass is 79.9. The van der Waals surface area contributed by atoms with E-state index in [1.807, 2.05) is 0 Å². The maximum Gasteiger partial charge on any atom is 0.0254 e. The quantitative estimate of drug-likeness (QED) is 0.215. The monoisotopic (exact) mass is 482 g/mol. The van der Waals surface area contributed by atoms with Crippen molar-refractivity contribution < 1.29 is 0 Å². The second-order valence-electron chi connectivity index (χ2n) is 8.63. The molecule has 6 aromatic carbocycles. The summed E-state index contributed by atoms with van der Waals surface area (Å²) in [6.07, 6.45) is 0. The molecule has 6 aromatic rings. The molecule has 0 amide bonds. The van der Waals surface area contributed by atoms with Crippen molar-refractivity contribution in [2.24, 2.45) is 0 Å². The fourth-order valence-electron chi connectivity index (χ4n) is 5.47. The smallest absolute Gasteiger partial charge is 0.0254 e. The van der Waals surface area contributed by atoms with Gasteiger partial charge in [0.2, 0.25) is 0 Å². The maximum atomic E-state index is 3.89. The first kappa shape index (κ1) is 18.8. The largest absolute Gasteiger partial charge is 0.0622 e. The summed E-state index contributed by atoms with van der Waals surface area (Å²) in [6, 6.07) is 41.8. The Bertz CT molecular complexity index is 1700. The van der Waals surface area contributed by atoms with Crippen LogP contribution in [0.1, 0.15) is 0 Å². The Kier molecular flexibility index (Phi) is 4.09. The van der Waals surface area contributed by atoms with E-state index in [0.29, 0.717) is 0 Å². The Balaban J connectivity index is 1.72. The van der Waals surface area contributed by atoms with Gasteiger partial charge in [0.05, 0.1) is 0 Å². The average Bonchev–Trinajstić information content (AvgIpc) is 3.22. The molecule has 0 spiro atoms. The second-order valence-corrected chi connectivity index (χ2v) is 9.48. The van der Waals surface area contributed by atoms with E-state index in [1.54, 1.807) is 0 Å². The number of hydrogen-bond acceptors (Lipinski definition) is 0. The summed E-state index contributed by atoms with van der Waals surface area (Å²) in [5.74, 6) is 0. The van der Waals surface area contributed by atoms with Crippen LogP contribution in [0.25, 0.3) is 66.1 Å². The highest BCUT2D eigenvalue weighted by Crippen LogP contribution is 2.54. The highest BCUT2D eigenvalue weighted by molar-refractivity contribution is 9.10. The summed E-state index contributed by atoms with van der Waals surface area (Å²) in [5, 5.41) is 5.24. The molecule has 0 saturated heterocycles. The van der Waals surface area contributed by atoms with Crippen molar-refractivity contribution in [1.29, 1.82) is 0 Å². The third-order valence-electron chi connectivity index (χ3n) is 6.88. The molecule has 0 saturated carbocycles. The van der Waals surface area contributed by atoms with Crippen molar-refractivity contribution in [1.82, 2.24) is 0 Å². The molecule has 7 rings (SSSR count). The van der Waals surface area contributed by atoms with Crippen LogP contribution in [0.2, 0.25) is 0 Å². The van der Waals surface area contributed by atoms with Crippen molar-refractivity contribution in [2.45, 2.75) is 0 Å². The van der Waals surface area contributed by atoms with Crippen LogP contribution in [-0.2, 0) is 0 Å². The number of halogens is 1. The minimum atomic E-state index is 1.13. The Labute approximate surface area is 201 Å². The Hall–Kier alpha value is -3.68. The van der Waals surface area contributed by atoms with Crippen LogP contribution in [0.3, 0.4) is 0 Å². The lowest BCUT2D eigenvalue weighted by molar-refractivity contribution is 1.64. The normalized spacial score (nSPS) is 11.8. The molecule has 1 aliphatic carbocycles.